The van der Waals surface area contributed by atoms with E-state index in [1.54, 1.807) is 26.8 Å². The average molecular weight is 1230 g/mol. The number of rotatable bonds is 15. The molecule has 9 aliphatic rings. The SMILES string of the molecule is C/C=C(/C)C(=O)O[C@@H]1[C@@H](OC(C)=O)[C@@H](O)[C@H](O[C@H]2[C@H](O)[C@@]3(CO)C(CC2(C)C)C2=CCC4[C@@]5(C)CC[C@H](O[C@@H]6O[C@H](C(=O)O)[C@@H](O)[C@H](O[C@@H]7O[C@@H](CO)[C@H](O)[C@H]7O)[C@H]6O[C@@H]6O[C@H](CO)[C@H](O)[C@H](O)[C@H]6O)C(C)(C)C5CC[C@@]4(C)[C@]2(C)C[C@H]3O)O[C@H]1C. The highest BCUT2D eigenvalue weighted by molar-refractivity contribution is 5.87. The van der Waals surface area contributed by atoms with E-state index >= 15 is 0 Å². The first-order valence-corrected chi connectivity index (χ1v) is 30.3. The second kappa shape index (κ2) is 24.6. The van der Waals surface area contributed by atoms with Crippen LogP contribution in [0.4, 0.5) is 0 Å². The molecule has 4 saturated heterocycles. The molecule has 0 bridgehead atoms. The van der Waals surface area contributed by atoms with Gasteiger partial charge in [-0.25, -0.2) is 9.59 Å². The maximum absolute atomic E-state index is 12.9. The van der Waals surface area contributed by atoms with Crippen molar-refractivity contribution in [1.82, 2.24) is 0 Å². The molecule has 8 fully saturated rings. The Kier molecular flexibility index (Phi) is 19.3. The van der Waals surface area contributed by atoms with Crippen molar-refractivity contribution >= 4 is 17.9 Å². The Labute approximate surface area is 500 Å². The molecule has 4 heterocycles. The third kappa shape index (κ3) is 10.9. The number of carboxylic acid groups (broad SMARTS) is 1. The molecule has 26 heteroatoms. The number of carbonyl (C=O) groups excluding carboxylic acids is 2. The first-order chi connectivity index (χ1) is 40.1. The number of hydrogen-bond acceptors (Lipinski definition) is 25. The Bertz CT molecular complexity index is 2530. The third-order valence-electron chi connectivity index (χ3n) is 22.6. The summed E-state index contributed by atoms with van der Waals surface area (Å²) in [7, 11) is 0. The van der Waals surface area contributed by atoms with Crippen molar-refractivity contribution in [3.8, 4) is 0 Å². The molecule has 30 atom stereocenters. The highest BCUT2D eigenvalue weighted by atomic mass is 16.8. The number of carboxylic acids is 1. The Morgan fingerprint density at radius 2 is 1.23 bits per heavy atom. The van der Waals surface area contributed by atoms with Crippen LogP contribution in [-0.2, 0) is 61.8 Å². The quantitative estimate of drug-likeness (QED) is 0.0413. The van der Waals surface area contributed by atoms with Crippen molar-refractivity contribution in [2.75, 3.05) is 19.8 Å². The highest BCUT2D eigenvalue weighted by Crippen LogP contribution is 2.76. The summed E-state index contributed by atoms with van der Waals surface area (Å²) in [6.07, 6.45) is -29.8. The summed E-state index contributed by atoms with van der Waals surface area (Å²) in [5.74, 6) is -3.77. The van der Waals surface area contributed by atoms with Crippen LogP contribution in [0.1, 0.15) is 121 Å². The fourth-order valence-corrected chi connectivity index (χ4v) is 17.5. The predicted molar refractivity (Wildman–Crippen MR) is 293 cm³/mol. The molecule has 5 aliphatic carbocycles. The lowest BCUT2D eigenvalue weighted by Gasteiger charge is -2.72. The van der Waals surface area contributed by atoms with Gasteiger partial charge in [-0.2, -0.15) is 0 Å². The van der Waals surface area contributed by atoms with Gasteiger partial charge < -0.3 is 114 Å². The Morgan fingerprint density at radius 3 is 1.81 bits per heavy atom. The fourth-order valence-electron chi connectivity index (χ4n) is 17.5. The van der Waals surface area contributed by atoms with E-state index in [1.807, 2.05) is 27.7 Å². The number of hydrogen-bond donors (Lipinski definition) is 13. The summed E-state index contributed by atoms with van der Waals surface area (Å²) in [5.41, 5.74) is -3.49. The van der Waals surface area contributed by atoms with Crippen LogP contribution >= 0.6 is 0 Å². The number of aliphatic hydroxyl groups excluding tert-OH is 12. The minimum atomic E-state index is -2.12. The van der Waals surface area contributed by atoms with Crippen molar-refractivity contribution in [3.63, 3.8) is 0 Å². The van der Waals surface area contributed by atoms with E-state index < -0.39 is 217 Å². The zero-order chi connectivity index (χ0) is 63.5. The van der Waals surface area contributed by atoms with Gasteiger partial charge in [-0.15, -0.1) is 0 Å². The van der Waals surface area contributed by atoms with E-state index in [4.69, 9.17) is 47.4 Å². The second-order valence-corrected chi connectivity index (χ2v) is 28.0. The predicted octanol–water partition coefficient (Wildman–Crippen LogP) is -0.803. The third-order valence-corrected chi connectivity index (χ3v) is 22.6. The summed E-state index contributed by atoms with van der Waals surface area (Å²) in [6, 6.07) is 0. The van der Waals surface area contributed by atoms with Crippen molar-refractivity contribution in [2.45, 2.75) is 262 Å². The molecule has 0 amide bonds. The normalized spacial score (nSPS) is 50.8. The van der Waals surface area contributed by atoms with Gasteiger partial charge in [0, 0.05) is 12.5 Å². The van der Waals surface area contributed by atoms with E-state index in [1.165, 1.54) is 0 Å². The Morgan fingerprint density at radius 1 is 0.640 bits per heavy atom. The standard InChI is InChI=1S/C60H94O26/c1-12-24(2)50(76)82-42-25(3)77-53(41(72)44(42)78-26(4)64)86-48-47(73)60(23-63)28(19-55(48,5)6)27-13-14-32-57(9)17-16-34(56(7,8)31(57)15-18-58(32,10)59(27,11)20-33(60)65)81-54-46(85-52-39(70)37(68)35(66)29(21-61)79-52)43(40(71)45(84-54)49(74)75)83-51-38(69)36(67)30(22-62)80-51/h12-13,25,28-48,51-54,61-63,65-73H,14-23H2,1-11H3,(H,74,75)/b24-12-/t25-,28?,29+,30-,31?,32?,33+,34-,35-,36-,37-,38+,39+,40-,41+,42-,43-,44-,45-,46+,47-,48-,51-,52-,53-,54+,57-,58+,59+,60-/m0/s1. The van der Waals surface area contributed by atoms with Gasteiger partial charge in [0.15, 0.2) is 43.5 Å². The van der Waals surface area contributed by atoms with Gasteiger partial charge in [-0.05, 0) is 111 Å². The van der Waals surface area contributed by atoms with Gasteiger partial charge in [0.25, 0.3) is 0 Å². The van der Waals surface area contributed by atoms with E-state index in [0.717, 1.165) is 12.5 Å². The van der Waals surface area contributed by atoms with E-state index in [0.29, 0.717) is 38.5 Å². The van der Waals surface area contributed by atoms with Crippen molar-refractivity contribution < 1.29 is 128 Å². The maximum atomic E-state index is 12.9. The molecule has 0 aromatic rings. The summed E-state index contributed by atoms with van der Waals surface area (Å²) in [4.78, 5) is 38.2. The smallest absolute Gasteiger partial charge is 0.335 e. The molecule has 490 valence electrons. The lowest BCUT2D eigenvalue weighted by molar-refractivity contribution is -0.386. The molecular weight excluding hydrogens is 1140 g/mol. The van der Waals surface area contributed by atoms with Crippen LogP contribution in [0, 0.1) is 50.2 Å². The molecule has 9 rings (SSSR count). The monoisotopic (exact) mass is 1230 g/mol. The van der Waals surface area contributed by atoms with Crippen LogP contribution in [0.25, 0.3) is 0 Å². The lowest BCUT2D eigenvalue weighted by atomic mass is 9.33. The molecule has 0 aromatic carbocycles. The largest absolute Gasteiger partial charge is 0.479 e. The second-order valence-electron chi connectivity index (χ2n) is 28.0. The molecule has 13 N–H and O–H groups in total. The van der Waals surface area contributed by atoms with Gasteiger partial charge in [0.2, 0.25) is 0 Å². The topological polar surface area (TPSA) is 407 Å². The highest BCUT2D eigenvalue weighted by Gasteiger charge is 2.73. The van der Waals surface area contributed by atoms with Gasteiger partial charge in [0.1, 0.15) is 67.1 Å². The van der Waals surface area contributed by atoms with Gasteiger partial charge in [0.05, 0.1) is 55.8 Å². The zero-order valence-electron chi connectivity index (χ0n) is 50.9. The van der Waals surface area contributed by atoms with E-state index in [-0.39, 0.29) is 23.8 Å². The average Bonchev–Trinajstić information content (AvgIpc) is 0.730. The van der Waals surface area contributed by atoms with Crippen LogP contribution in [0.5, 0.6) is 0 Å². The molecule has 26 nitrogen and oxygen atoms in total. The van der Waals surface area contributed by atoms with Crippen molar-refractivity contribution in [1.29, 1.82) is 0 Å². The van der Waals surface area contributed by atoms with Crippen molar-refractivity contribution in [2.24, 2.45) is 50.2 Å². The molecule has 0 radical (unpaired) electrons. The number of aliphatic carboxylic acids is 1. The number of allylic oxidation sites excluding steroid dienone is 3. The Balaban J connectivity index is 0.984. The minimum Gasteiger partial charge on any atom is -0.479 e. The van der Waals surface area contributed by atoms with Crippen LogP contribution in [-0.4, -0.2) is 245 Å². The van der Waals surface area contributed by atoms with E-state index in [9.17, 15) is 80.8 Å². The molecule has 4 saturated carbocycles. The van der Waals surface area contributed by atoms with Gasteiger partial charge >= 0.3 is 17.9 Å². The van der Waals surface area contributed by atoms with Gasteiger partial charge in [-0.3, -0.25) is 4.79 Å². The minimum absolute atomic E-state index is 0.00952. The van der Waals surface area contributed by atoms with Crippen LogP contribution < -0.4 is 0 Å². The van der Waals surface area contributed by atoms with E-state index in [2.05, 4.69) is 26.8 Å². The fraction of sp³-hybridized carbons (Fsp3) is 0.883. The number of aliphatic hydroxyl groups is 12. The molecule has 0 spiro atoms. The summed E-state index contributed by atoms with van der Waals surface area (Å²) in [5, 5.41) is 145. The Hall–Kier alpha value is -2.91. The molecule has 4 aliphatic heterocycles. The summed E-state index contributed by atoms with van der Waals surface area (Å²) < 4.78 is 60.6. The lowest BCUT2D eigenvalue weighted by Crippen LogP contribution is -2.72. The molecule has 3 unspecified atom stereocenters. The van der Waals surface area contributed by atoms with Gasteiger partial charge in [-0.1, -0.05) is 66.2 Å². The van der Waals surface area contributed by atoms with Crippen LogP contribution in [0.15, 0.2) is 23.3 Å². The number of carbonyl (C=O) groups is 3. The van der Waals surface area contributed by atoms with Crippen molar-refractivity contribution in [3.05, 3.63) is 23.3 Å². The summed E-state index contributed by atoms with van der Waals surface area (Å²) in [6.45, 7) is 18.3. The number of esters is 2. The van der Waals surface area contributed by atoms with Crippen LogP contribution in [0.3, 0.4) is 0 Å². The molecule has 86 heavy (non-hydrogen) atoms. The maximum Gasteiger partial charge on any atom is 0.335 e. The molecule has 0 aromatic heterocycles. The number of fused-ring (bicyclic) bond motifs is 7. The van der Waals surface area contributed by atoms with Crippen LogP contribution in [0.2, 0.25) is 0 Å². The first kappa shape index (κ1) is 67.5. The first-order valence-electron chi connectivity index (χ1n) is 30.3. The molecular formula is C60H94O26. The summed E-state index contributed by atoms with van der Waals surface area (Å²) >= 11 is 0. The zero-order valence-corrected chi connectivity index (χ0v) is 50.9. The number of ether oxygens (including phenoxy) is 10.